The number of amides is 4. The molecule has 1 aliphatic heterocycles. The van der Waals surface area contributed by atoms with Crippen molar-refractivity contribution in [3.63, 3.8) is 0 Å². The number of aromatic nitrogens is 1. The van der Waals surface area contributed by atoms with E-state index in [1.165, 1.54) is 0 Å². The molecule has 0 spiro atoms. The van der Waals surface area contributed by atoms with Crippen LogP contribution in [0, 0.1) is 13.8 Å². The highest BCUT2D eigenvalue weighted by Crippen LogP contribution is 2.36. The number of rotatable bonds is 5. The normalized spacial score (nSPS) is 18.6. The van der Waals surface area contributed by atoms with Gasteiger partial charge in [0.25, 0.3) is 0 Å². The molecule has 1 atom stereocenters. The molecule has 1 aliphatic rings. The van der Waals surface area contributed by atoms with Crippen molar-refractivity contribution in [1.29, 1.82) is 0 Å². The third-order valence-corrected chi connectivity index (χ3v) is 5.58. The van der Waals surface area contributed by atoms with Crippen molar-refractivity contribution in [2.45, 2.75) is 52.0 Å². The molecule has 0 saturated carbocycles. The molecule has 3 rings (SSSR count). The molecule has 0 radical (unpaired) electrons. The lowest BCUT2D eigenvalue weighted by atomic mass is 9.72. The van der Waals surface area contributed by atoms with E-state index in [-0.39, 0.29) is 24.8 Å². The summed E-state index contributed by atoms with van der Waals surface area (Å²) in [5.41, 5.74) is 1.80. The van der Waals surface area contributed by atoms with E-state index in [9.17, 15) is 19.2 Å². The number of hydrogen-bond acceptors (Lipinski definition) is 6. The summed E-state index contributed by atoms with van der Waals surface area (Å²) in [4.78, 5) is 48.2. The number of benzene rings is 1. The molecule has 9 nitrogen and oxygen atoms in total. The van der Waals surface area contributed by atoms with Gasteiger partial charge in [-0.2, -0.15) is 0 Å². The molecule has 2 heterocycles. The fourth-order valence-corrected chi connectivity index (χ4v) is 3.63. The van der Waals surface area contributed by atoms with Gasteiger partial charge in [-0.1, -0.05) is 24.2 Å². The van der Waals surface area contributed by atoms with E-state index < -0.39 is 17.2 Å². The predicted molar refractivity (Wildman–Crippen MR) is 107 cm³/mol. The Kier molecular flexibility index (Phi) is 6.00. The number of aryl methyl sites for hydroxylation is 2. The average molecular weight is 412 g/mol. The minimum Gasteiger partial charge on any atom is -0.361 e. The molecule has 3 N–H and O–H groups in total. The summed E-state index contributed by atoms with van der Waals surface area (Å²) in [5, 5.41) is 11.3. The molecule has 0 bridgehead atoms. The van der Waals surface area contributed by atoms with Crippen molar-refractivity contribution in [3.05, 3.63) is 46.8 Å². The maximum atomic E-state index is 12.5. The predicted octanol–water partition coefficient (Wildman–Crippen LogP) is 1.63. The summed E-state index contributed by atoms with van der Waals surface area (Å²) in [6, 6.07) is 6.73. The van der Waals surface area contributed by atoms with Crippen molar-refractivity contribution in [2.75, 3.05) is 5.32 Å². The molecule has 0 aliphatic carbocycles. The van der Waals surface area contributed by atoms with E-state index in [0.29, 0.717) is 30.0 Å². The van der Waals surface area contributed by atoms with Gasteiger partial charge in [0.15, 0.2) is 0 Å². The van der Waals surface area contributed by atoms with Crippen LogP contribution in [0.1, 0.15) is 48.8 Å². The molecule has 1 aromatic carbocycles. The molecule has 2 aromatic rings. The van der Waals surface area contributed by atoms with E-state index in [0.717, 1.165) is 11.1 Å². The van der Waals surface area contributed by atoms with Crippen LogP contribution in [-0.2, 0) is 31.1 Å². The van der Waals surface area contributed by atoms with Crippen molar-refractivity contribution in [3.8, 4) is 0 Å². The number of anilines is 1. The molecule has 1 aromatic heterocycles. The molecular weight excluding hydrogens is 388 g/mol. The fraction of sp³-hybridized carbons (Fsp3) is 0.381. The zero-order valence-electron chi connectivity index (χ0n) is 17.1. The first-order chi connectivity index (χ1) is 14.3. The van der Waals surface area contributed by atoms with E-state index in [4.69, 9.17) is 4.52 Å². The van der Waals surface area contributed by atoms with Crippen molar-refractivity contribution in [1.82, 2.24) is 15.8 Å². The molecule has 1 saturated heterocycles. The van der Waals surface area contributed by atoms with Crippen molar-refractivity contribution in [2.24, 2.45) is 0 Å². The second-order valence-corrected chi connectivity index (χ2v) is 7.33. The monoisotopic (exact) mass is 412 g/mol. The summed E-state index contributed by atoms with van der Waals surface area (Å²) >= 11 is 0. The Morgan fingerprint density at radius 2 is 1.87 bits per heavy atom. The standard InChI is InChI=1S/C21H24N4O5/c1-4-21(10-9-17(26)24-20(21)29)14-5-7-15(8-6-14)23-19(28)18(27)22-11-16-12(2)25-30-13(16)3/h5-8H,4,9-11H2,1-3H3,(H,22,27)(H,23,28)(H,24,26,29)/t21-/m1/s1. The second kappa shape index (κ2) is 8.48. The zero-order valence-corrected chi connectivity index (χ0v) is 17.1. The Morgan fingerprint density at radius 1 is 1.17 bits per heavy atom. The zero-order chi connectivity index (χ0) is 21.9. The summed E-state index contributed by atoms with van der Waals surface area (Å²) in [7, 11) is 0. The quantitative estimate of drug-likeness (QED) is 0.505. The van der Waals surface area contributed by atoms with E-state index in [2.05, 4.69) is 21.1 Å². The third kappa shape index (κ3) is 4.10. The number of nitrogens with zero attached hydrogens (tertiary/aromatic N) is 1. The van der Waals surface area contributed by atoms with Crippen molar-refractivity contribution >= 4 is 29.3 Å². The summed E-state index contributed by atoms with van der Waals surface area (Å²) < 4.78 is 5.03. The molecule has 30 heavy (non-hydrogen) atoms. The van der Waals surface area contributed by atoms with Gasteiger partial charge in [-0.05, 0) is 44.4 Å². The SMILES string of the molecule is CC[C@]1(c2ccc(NC(=O)C(=O)NCc3c(C)noc3C)cc2)CCC(=O)NC1=O. The minimum atomic E-state index is -0.805. The molecule has 9 heteroatoms. The average Bonchev–Trinajstić information content (AvgIpc) is 3.05. The smallest absolute Gasteiger partial charge is 0.313 e. The van der Waals surface area contributed by atoms with Gasteiger partial charge in [-0.3, -0.25) is 24.5 Å². The van der Waals surface area contributed by atoms with Crippen LogP contribution in [0.4, 0.5) is 5.69 Å². The van der Waals surface area contributed by atoms with Gasteiger partial charge < -0.3 is 15.2 Å². The van der Waals surface area contributed by atoms with E-state index in [1.54, 1.807) is 38.1 Å². The number of carbonyl (C=O) groups is 4. The van der Waals surface area contributed by atoms with Gasteiger partial charge in [-0.25, -0.2) is 0 Å². The van der Waals surface area contributed by atoms with Crippen LogP contribution < -0.4 is 16.0 Å². The van der Waals surface area contributed by atoms with Crippen LogP contribution in [0.25, 0.3) is 0 Å². The van der Waals surface area contributed by atoms with E-state index in [1.807, 2.05) is 6.92 Å². The van der Waals surface area contributed by atoms with Gasteiger partial charge in [0, 0.05) is 24.2 Å². The van der Waals surface area contributed by atoms with Crippen LogP contribution in [-0.4, -0.2) is 28.8 Å². The first-order valence-corrected chi connectivity index (χ1v) is 9.72. The van der Waals surface area contributed by atoms with Crippen LogP contribution in [0.15, 0.2) is 28.8 Å². The van der Waals surface area contributed by atoms with Gasteiger partial charge in [0.2, 0.25) is 11.8 Å². The van der Waals surface area contributed by atoms with E-state index >= 15 is 0 Å². The molecule has 158 valence electrons. The largest absolute Gasteiger partial charge is 0.361 e. The van der Waals surface area contributed by atoms with Gasteiger partial charge >= 0.3 is 11.8 Å². The number of imide groups is 1. The molecule has 0 unspecified atom stereocenters. The topological polar surface area (TPSA) is 130 Å². The Bertz CT molecular complexity index is 976. The third-order valence-electron chi connectivity index (χ3n) is 5.58. The molecule has 1 fully saturated rings. The molecule has 4 amide bonds. The Morgan fingerprint density at radius 3 is 2.43 bits per heavy atom. The summed E-state index contributed by atoms with van der Waals surface area (Å²) in [5.74, 6) is -1.58. The molecular formula is C21H24N4O5. The lowest BCUT2D eigenvalue weighted by molar-refractivity contribution is -0.138. The van der Waals surface area contributed by atoms with Gasteiger partial charge in [0.1, 0.15) is 5.76 Å². The lowest BCUT2D eigenvalue weighted by Crippen LogP contribution is -2.51. The summed E-state index contributed by atoms with van der Waals surface area (Å²) in [6.45, 7) is 5.52. The van der Waals surface area contributed by atoms with Crippen LogP contribution in [0.3, 0.4) is 0 Å². The maximum Gasteiger partial charge on any atom is 0.313 e. The number of hydrogen-bond donors (Lipinski definition) is 3. The highest BCUT2D eigenvalue weighted by atomic mass is 16.5. The van der Waals surface area contributed by atoms with Crippen molar-refractivity contribution < 1.29 is 23.7 Å². The highest BCUT2D eigenvalue weighted by molar-refractivity contribution is 6.39. The first-order valence-electron chi connectivity index (χ1n) is 9.72. The number of nitrogens with one attached hydrogen (secondary N) is 3. The highest BCUT2D eigenvalue weighted by Gasteiger charge is 2.42. The minimum absolute atomic E-state index is 0.138. The number of carbonyl (C=O) groups excluding carboxylic acids is 4. The summed E-state index contributed by atoms with van der Waals surface area (Å²) in [6.07, 6.45) is 1.26. The van der Waals surface area contributed by atoms with Gasteiger partial charge in [0.05, 0.1) is 11.1 Å². The first kappa shape index (κ1) is 21.2. The maximum absolute atomic E-state index is 12.5. The number of piperidine rings is 1. The van der Waals surface area contributed by atoms with Crippen LogP contribution >= 0.6 is 0 Å². The Labute approximate surface area is 173 Å². The Hall–Kier alpha value is -3.49. The van der Waals surface area contributed by atoms with Gasteiger partial charge in [-0.15, -0.1) is 0 Å². The second-order valence-electron chi connectivity index (χ2n) is 7.33. The Balaban J connectivity index is 1.63. The van der Waals surface area contributed by atoms with Crippen LogP contribution in [0.5, 0.6) is 0 Å². The van der Waals surface area contributed by atoms with Crippen LogP contribution in [0.2, 0.25) is 0 Å². The fourth-order valence-electron chi connectivity index (χ4n) is 3.63. The lowest BCUT2D eigenvalue weighted by Gasteiger charge is -2.35.